The summed E-state index contributed by atoms with van der Waals surface area (Å²) in [7, 11) is 0. The molecule has 12 nitrogen and oxygen atoms in total. The molecule has 1 aromatic heterocycles. The SMILES string of the molecule is CC(C)=CC1C(C(=O)OCN2C(=O)C3=C(CCCC3)C2=O)C1(C)C.O=[N+]([O-])/N=C1\NCCN1Cc1ccc(Cl)nc1. The number of hydrogen-bond donors (Lipinski definition) is 1. The molecule has 0 bridgehead atoms. The lowest BCUT2D eigenvalue weighted by Crippen LogP contribution is -2.35. The summed E-state index contributed by atoms with van der Waals surface area (Å²) in [4.78, 5) is 54.2. The number of guanidine groups is 1. The van der Waals surface area contributed by atoms with Gasteiger partial charge in [0.05, 0.1) is 5.92 Å². The van der Waals surface area contributed by atoms with Crippen LogP contribution in [0.3, 0.4) is 0 Å². The zero-order valence-corrected chi connectivity index (χ0v) is 24.4. The predicted molar refractivity (Wildman–Crippen MR) is 151 cm³/mol. The summed E-state index contributed by atoms with van der Waals surface area (Å²) in [6.07, 6.45) is 6.92. The first-order chi connectivity index (χ1) is 19.4. The Bertz CT molecular complexity index is 1290. The van der Waals surface area contributed by atoms with Crippen molar-refractivity contribution in [2.24, 2.45) is 22.4 Å². The molecule has 2 atom stereocenters. The molecule has 2 amide bonds. The fourth-order valence-corrected chi connectivity index (χ4v) is 5.61. The quantitative estimate of drug-likeness (QED) is 0.126. The number of nitro groups is 1. The number of esters is 1. The van der Waals surface area contributed by atoms with Crippen LogP contribution in [-0.4, -0.2) is 63.4 Å². The number of ether oxygens (including phenoxy) is 1. The van der Waals surface area contributed by atoms with Crippen molar-refractivity contribution in [2.45, 2.75) is 59.9 Å². The summed E-state index contributed by atoms with van der Waals surface area (Å²) in [6, 6.07) is 3.52. The number of nitrogens with one attached hydrogen (secondary N) is 1. The van der Waals surface area contributed by atoms with E-state index in [0.29, 0.717) is 48.8 Å². The minimum atomic E-state index is -0.708. The smallest absolute Gasteiger partial charge is 0.311 e. The van der Waals surface area contributed by atoms with Crippen LogP contribution >= 0.6 is 11.6 Å². The number of hydrogen-bond acceptors (Lipinski definition) is 7. The molecule has 2 aliphatic carbocycles. The number of amides is 2. The molecule has 4 aliphatic rings. The number of imide groups is 1. The van der Waals surface area contributed by atoms with Gasteiger partial charge < -0.3 is 15.0 Å². The molecule has 2 fully saturated rings. The summed E-state index contributed by atoms with van der Waals surface area (Å²) in [5.41, 5.74) is 3.21. The number of allylic oxidation sites excluding steroid dienone is 2. The van der Waals surface area contributed by atoms with Gasteiger partial charge >= 0.3 is 5.97 Å². The first-order valence-electron chi connectivity index (χ1n) is 13.6. The van der Waals surface area contributed by atoms with Crippen molar-refractivity contribution in [3.63, 3.8) is 0 Å². The number of carbonyl (C=O) groups excluding carboxylic acids is 3. The second kappa shape index (κ2) is 12.4. The molecule has 1 saturated carbocycles. The molecule has 13 heteroatoms. The van der Waals surface area contributed by atoms with Crippen LogP contribution in [0.5, 0.6) is 0 Å². The molecular weight excluding hydrogens is 552 g/mol. The first kappa shape index (κ1) is 30.2. The fourth-order valence-electron chi connectivity index (χ4n) is 5.50. The lowest BCUT2D eigenvalue weighted by atomic mass is 9.93. The maximum absolute atomic E-state index is 12.4. The van der Waals surface area contributed by atoms with E-state index in [0.717, 1.165) is 23.3 Å². The van der Waals surface area contributed by atoms with Crippen molar-refractivity contribution in [1.82, 2.24) is 20.1 Å². The van der Waals surface area contributed by atoms with Gasteiger partial charge in [0.1, 0.15) is 10.3 Å². The van der Waals surface area contributed by atoms with Crippen molar-refractivity contribution in [3.05, 3.63) is 62.0 Å². The Kier molecular flexibility index (Phi) is 9.11. The molecule has 5 rings (SSSR count). The van der Waals surface area contributed by atoms with Gasteiger partial charge in [-0.1, -0.05) is 43.2 Å². The van der Waals surface area contributed by atoms with Crippen LogP contribution in [0.15, 0.2) is 46.2 Å². The van der Waals surface area contributed by atoms with E-state index in [-0.39, 0.29) is 47.7 Å². The van der Waals surface area contributed by atoms with Crippen molar-refractivity contribution in [2.75, 3.05) is 19.8 Å². The van der Waals surface area contributed by atoms with Gasteiger partial charge in [-0.15, -0.1) is 0 Å². The number of carbonyl (C=O) groups is 3. The predicted octanol–water partition coefficient (Wildman–Crippen LogP) is 3.65. The fraction of sp³-hybridized carbons (Fsp3) is 0.536. The Morgan fingerprint density at radius 1 is 1.24 bits per heavy atom. The molecule has 2 unspecified atom stereocenters. The van der Waals surface area contributed by atoms with Crippen LogP contribution in [0.1, 0.15) is 58.9 Å². The number of pyridine rings is 1. The van der Waals surface area contributed by atoms with Gasteiger partial charge in [-0.05, 0) is 62.5 Å². The van der Waals surface area contributed by atoms with Crippen molar-refractivity contribution < 1.29 is 24.2 Å². The standard InChI is InChI=1S/C19H25NO4.C9H10ClN5O2/c1-11(2)9-14-15(19(14,3)4)18(23)24-10-20-16(21)12-7-5-6-8-13(12)17(20)22;10-8-2-1-7(5-12-8)6-14-4-3-11-9(14)13-15(16)17/h9,14-15H,5-8,10H2,1-4H3;1-2,5H,3-4,6H2,(H,11,13). The third-order valence-corrected chi connectivity index (χ3v) is 8.01. The number of hydrazone groups is 1. The van der Waals surface area contributed by atoms with Crippen LogP contribution in [-0.2, 0) is 25.7 Å². The Morgan fingerprint density at radius 2 is 1.90 bits per heavy atom. The van der Waals surface area contributed by atoms with Crippen LogP contribution < -0.4 is 5.32 Å². The van der Waals surface area contributed by atoms with E-state index in [1.165, 1.54) is 5.57 Å². The van der Waals surface area contributed by atoms with Crippen LogP contribution in [0, 0.1) is 27.4 Å². The number of halogens is 1. The van der Waals surface area contributed by atoms with E-state index >= 15 is 0 Å². The van der Waals surface area contributed by atoms with Gasteiger partial charge in [-0.3, -0.25) is 14.4 Å². The molecule has 0 radical (unpaired) electrons. The second-order valence-electron chi connectivity index (χ2n) is 11.4. The van der Waals surface area contributed by atoms with Crippen molar-refractivity contribution in [3.8, 4) is 0 Å². The van der Waals surface area contributed by atoms with E-state index in [2.05, 4.69) is 21.5 Å². The first-order valence-corrected chi connectivity index (χ1v) is 14.0. The number of rotatable bonds is 7. The Hall–Kier alpha value is -3.80. The topological polar surface area (TPSA) is 147 Å². The molecule has 0 aromatic carbocycles. The maximum Gasteiger partial charge on any atom is 0.311 e. The average Bonchev–Trinajstić information content (AvgIpc) is 3.15. The van der Waals surface area contributed by atoms with Crippen LogP contribution in [0.2, 0.25) is 5.15 Å². The van der Waals surface area contributed by atoms with E-state index in [9.17, 15) is 24.5 Å². The highest BCUT2D eigenvalue weighted by molar-refractivity contribution is 6.29. The van der Waals surface area contributed by atoms with Gasteiger partial charge in [0, 0.05) is 37.0 Å². The maximum atomic E-state index is 12.4. The summed E-state index contributed by atoms with van der Waals surface area (Å²) in [5.74, 6) is -0.649. The molecule has 3 heterocycles. The highest BCUT2D eigenvalue weighted by atomic mass is 35.5. The molecule has 1 aromatic rings. The molecule has 220 valence electrons. The Balaban J connectivity index is 0.000000201. The minimum Gasteiger partial charge on any atom is -0.443 e. The van der Waals surface area contributed by atoms with E-state index in [1.807, 2.05) is 33.8 Å². The van der Waals surface area contributed by atoms with Gasteiger partial charge in [-0.2, -0.15) is 0 Å². The lowest BCUT2D eigenvalue weighted by molar-refractivity contribution is -0.485. The average molecular weight is 587 g/mol. The zero-order valence-electron chi connectivity index (χ0n) is 23.7. The van der Waals surface area contributed by atoms with Gasteiger partial charge in [0.15, 0.2) is 11.8 Å². The van der Waals surface area contributed by atoms with Gasteiger partial charge in [-0.25, -0.2) is 20.0 Å². The molecule has 1 N–H and O–H groups in total. The summed E-state index contributed by atoms with van der Waals surface area (Å²) < 4.78 is 5.33. The minimum absolute atomic E-state index is 0.134. The second-order valence-corrected chi connectivity index (χ2v) is 11.8. The molecular formula is C28H35ClN6O6. The highest BCUT2D eigenvalue weighted by Crippen LogP contribution is 2.59. The zero-order chi connectivity index (χ0) is 29.9. The van der Waals surface area contributed by atoms with Crippen molar-refractivity contribution in [1.29, 1.82) is 0 Å². The Labute approximate surface area is 243 Å². The van der Waals surface area contributed by atoms with E-state index in [1.54, 1.807) is 17.2 Å². The lowest BCUT2D eigenvalue weighted by Gasteiger charge is -2.15. The third kappa shape index (κ3) is 6.92. The van der Waals surface area contributed by atoms with Gasteiger partial charge in [0.2, 0.25) is 0 Å². The molecule has 41 heavy (non-hydrogen) atoms. The third-order valence-electron chi connectivity index (χ3n) is 7.79. The number of nitrogens with zero attached hydrogens (tertiary/aromatic N) is 5. The molecule has 0 spiro atoms. The normalized spacial score (nSPS) is 23.5. The summed E-state index contributed by atoms with van der Waals surface area (Å²) >= 11 is 5.68. The van der Waals surface area contributed by atoms with Crippen LogP contribution in [0.4, 0.5) is 0 Å². The Morgan fingerprint density at radius 3 is 2.46 bits per heavy atom. The highest BCUT2D eigenvalue weighted by Gasteiger charge is 2.61. The van der Waals surface area contributed by atoms with E-state index in [4.69, 9.17) is 16.3 Å². The molecule has 1 saturated heterocycles. The van der Waals surface area contributed by atoms with Gasteiger partial charge in [0.25, 0.3) is 17.8 Å². The molecule has 2 aliphatic heterocycles. The van der Waals surface area contributed by atoms with E-state index < -0.39 is 5.03 Å². The van der Waals surface area contributed by atoms with Crippen molar-refractivity contribution >= 4 is 35.3 Å². The summed E-state index contributed by atoms with van der Waals surface area (Å²) in [5, 5.41) is 16.2. The largest absolute Gasteiger partial charge is 0.443 e. The van der Waals surface area contributed by atoms with Crippen LogP contribution in [0.25, 0.3) is 0 Å². The number of aromatic nitrogens is 1. The monoisotopic (exact) mass is 586 g/mol. The summed E-state index contributed by atoms with van der Waals surface area (Å²) in [6.45, 7) is 9.67.